The van der Waals surface area contributed by atoms with Crippen molar-refractivity contribution in [2.24, 2.45) is 0 Å². The fraction of sp³-hybridized carbons (Fsp3) is 0.571. The molecule has 0 unspecified atom stereocenters. The molecule has 0 spiro atoms. The third-order valence-electron chi connectivity index (χ3n) is 0.791. The lowest BCUT2D eigenvalue weighted by Gasteiger charge is -1.95. The summed E-state index contributed by atoms with van der Waals surface area (Å²) in [5.41, 5.74) is 0. The maximum atomic E-state index is 11.5. The Morgan fingerprint density at radius 1 is 1.20 bits per heavy atom. The molecule has 0 fully saturated rings. The molecular formula is C7H9F5O3. The Kier molecular flexibility index (Phi) is 11.5. The van der Waals surface area contributed by atoms with Crippen LogP contribution in [0.4, 0.5) is 22.0 Å². The highest BCUT2D eigenvalue weighted by Gasteiger charge is 2.04. The Morgan fingerprint density at radius 3 is 1.93 bits per heavy atom. The number of esters is 1. The monoisotopic (exact) mass is 236 g/mol. The number of ether oxygens (including phenoxy) is 2. The first-order valence-electron chi connectivity index (χ1n) is 3.51. The zero-order valence-corrected chi connectivity index (χ0v) is 7.74. The smallest absolute Gasteiger partial charge is 0.342 e. The summed E-state index contributed by atoms with van der Waals surface area (Å²) in [7, 11) is 1.14. The number of rotatable bonds is 4. The van der Waals surface area contributed by atoms with Crippen LogP contribution in [-0.4, -0.2) is 33.0 Å². The van der Waals surface area contributed by atoms with E-state index in [1.165, 1.54) is 0 Å². The van der Waals surface area contributed by atoms with Crippen molar-refractivity contribution in [1.29, 1.82) is 0 Å². The lowest BCUT2D eigenvalue weighted by molar-refractivity contribution is -0.141. The van der Waals surface area contributed by atoms with Crippen molar-refractivity contribution < 1.29 is 36.2 Å². The minimum atomic E-state index is -2.57. The van der Waals surface area contributed by atoms with E-state index in [1.807, 2.05) is 0 Å². The lowest BCUT2D eigenvalue weighted by Crippen LogP contribution is -2.00. The van der Waals surface area contributed by atoms with E-state index in [0.29, 0.717) is 0 Å². The summed E-state index contributed by atoms with van der Waals surface area (Å²) in [6.45, 7) is -2.69. The molecule has 0 atom stereocenters. The van der Waals surface area contributed by atoms with Gasteiger partial charge in [-0.2, -0.15) is 13.2 Å². The van der Waals surface area contributed by atoms with Gasteiger partial charge in [-0.25, -0.2) is 13.6 Å². The average Bonchev–Trinajstić information content (AvgIpc) is 2.25. The number of alkyl halides is 2. The second kappa shape index (κ2) is 10.7. The largest absolute Gasteiger partial charge is 0.467 e. The Morgan fingerprint density at radius 2 is 1.73 bits per heavy atom. The van der Waals surface area contributed by atoms with Crippen LogP contribution >= 0.6 is 0 Å². The molecule has 90 valence electrons. The predicted molar refractivity (Wildman–Crippen MR) is 40.3 cm³/mol. The first-order valence-corrected chi connectivity index (χ1v) is 3.51. The van der Waals surface area contributed by atoms with Crippen molar-refractivity contribution in [1.82, 2.24) is 0 Å². The van der Waals surface area contributed by atoms with E-state index < -0.39 is 38.0 Å². The van der Waals surface area contributed by atoms with Crippen molar-refractivity contribution in [3.63, 3.8) is 0 Å². The van der Waals surface area contributed by atoms with Gasteiger partial charge in [-0.3, -0.25) is 0 Å². The highest BCUT2D eigenvalue weighted by molar-refractivity contribution is 5.70. The quantitative estimate of drug-likeness (QED) is 0.426. The molecule has 15 heavy (non-hydrogen) atoms. The van der Waals surface area contributed by atoms with Crippen molar-refractivity contribution in [3.05, 3.63) is 12.1 Å². The van der Waals surface area contributed by atoms with Gasteiger partial charge in [0.25, 0.3) is 0 Å². The first-order chi connectivity index (χ1) is 6.99. The van der Waals surface area contributed by atoms with Crippen LogP contribution in [0.5, 0.6) is 0 Å². The van der Waals surface area contributed by atoms with Crippen molar-refractivity contribution >= 4 is 5.97 Å². The number of methoxy groups -OCH3 is 1. The number of carbonyl (C=O) groups is 1. The minimum absolute atomic E-state index is 0.677. The van der Waals surface area contributed by atoms with Crippen LogP contribution in [0, 0.1) is 0 Å². The Bertz CT molecular complexity index is 197. The summed E-state index contributed by atoms with van der Waals surface area (Å²) in [6.07, 6.45) is -2.57. The fourth-order valence-corrected chi connectivity index (χ4v) is 0.237. The summed E-state index contributed by atoms with van der Waals surface area (Å²) in [4.78, 5) is 9.58. The van der Waals surface area contributed by atoms with Crippen LogP contribution in [0.2, 0.25) is 0 Å². The van der Waals surface area contributed by atoms with Crippen LogP contribution in [0.15, 0.2) is 12.1 Å². The number of hydrogen-bond acceptors (Lipinski definition) is 3. The van der Waals surface area contributed by atoms with Gasteiger partial charge in [0.15, 0.2) is 6.67 Å². The molecule has 0 saturated carbocycles. The second-order valence-electron chi connectivity index (χ2n) is 1.78. The molecular weight excluding hydrogens is 227 g/mol. The molecule has 0 aliphatic heterocycles. The maximum Gasteiger partial charge on any atom is 0.342 e. The zero-order valence-electron chi connectivity index (χ0n) is 7.74. The van der Waals surface area contributed by atoms with E-state index in [9.17, 15) is 26.7 Å². The van der Waals surface area contributed by atoms with Crippen LogP contribution < -0.4 is 0 Å². The van der Waals surface area contributed by atoms with Gasteiger partial charge in [-0.05, 0) is 0 Å². The predicted octanol–water partition coefficient (Wildman–Crippen LogP) is 2.14. The van der Waals surface area contributed by atoms with Crippen LogP contribution in [-0.2, 0) is 14.3 Å². The van der Waals surface area contributed by atoms with E-state index in [0.717, 1.165) is 7.11 Å². The molecule has 0 N–H and O–H groups in total. The Labute approximate surface area is 82.5 Å². The van der Waals surface area contributed by atoms with Gasteiger partial charge in [0.05, 0.1) is 7.11 Å². The van der Waals surface area contributed by atoms with Crippen molar-refractivity contribution in [2.75, 3.05) is 27.1 Å². The molecule has 3 nitrogen and oxygen atoms in total. The SMILES string of the molecule is COC(=O)CF.FCCOC(F)=C(F)F. The van der Waals surface area contributed by atoms with E-state index in [4.69, 9.17) is 0 Å². The molecule has 0 rings (SSSR count). The van der Waals surface area contributed by atoms with Crippen molar-refractivity contribution in [3.8, 4) is 0 Å². The van der Waals surface area contributed by atoms with E-state index in [1.54, 1.807) is 0 Å². The van der Waals surface area contributed by atoms with Crippen LogP contribution in [0.3, 0.4) is 0 Å². The molecule has 8 heteroatoms. The molecule has 0 bridgehead atoms. The number of hydrogen-bond donors (Lipinski definition) is 0. The summed E-state index contributed by atoms with van der Waals surface area (Å²) >= 11 is 0. The minimum Gasteiger partial charge on any atom is -0.467 e. The van der Waals surface area contributed by atoms with E-state index in [2.05, 4.69) is 9.47 Å². The summed E-state index contributed by atoms with van der Waals surface area (Å²) in [6, 6.07) is -2.01. The van der Waals surface area contributed by atoms with Gasteiger partial charge >= 0.3 is 18.1 Å². The van der Waals surface area contributed by atoms with E-state index in [-0.39, 0.29) is 0 Å². The third kappa shape index (κ3) is 12.7. The molecule has 0 aromatic rings. The second-order valence-corrected chi connectivity index (χ2v) is 1.78. The van der Waals surface area contributed by atoms with Crippen LogP contribution in [0.1, 0.15) is 0 Å². The Hall–Kier alpha value is -1.34. The fourth-order valence-electron chi connectivity index (χ4n) is 0.237. The van der Waals surface area contributed by atoms with Gasteiger partial charge in [0.1, 0.15) is 13.3 Å². The molecule has 0 aromatic heterocycles. The topological polar surface area (TPSA) is 35.5 Å². The van der Waals surface area contributed by atoms with Gasteiger partial charge in [-0.15, -0.1) is 0 Å². The number of carbonyl (C=O) groups excluding carboxylic acids is 1. The third-order valence-corrected chi connectivity index (χ3v) is 0.791. The Balaban J connectivity index is 0. The first kappa shape index (κ1) is 16.1. The van der Waals surface area contributed by atoms with E-state index >= 15 is 0 Å². The van der Waals surface area contributed by atoms with Gasteiger partial charge in [0.2, 0.25) is 0 Å². The normalized spacial score (nSPS) is 8.40. The summed E-state index contributed by atoms with van der Waals surface area (Å²) < 4.78 is 62.9. The molecule has 0 heterocycles. The zero-order chi connectivity index (χ0) is 12.3. The lowest BCUT2D eigenvalue weighted by atomic mass is 10.8. The molecule has 0 radical (unpaired) electrons. The van der Waals surface area contributed by atoms with Gasteiger partial charge < -0.3 is 9.47 Å². The average molecular weight is 236 g/mol. The highest BCUT2D eigenvalue weighted by atomic mass is 19.3. The van der Waals surface area contributed by atoms with Gasteiger partial charge in [-0.1, -0.05) is 0 Å². The molecule has 0 saturated heterocycles. The molecule has 0 amide bonds. The maximum absolute atomic E-state index is 11.5. The summed E-state index contributed by atoms with van der Waals surface area (Å²) in [5.74, 6) is -0.824. The standard InChI is InChI=1S/C4H4F4O.C3H5FO2/c5-1-2-9-4(8)3(6)7;1-6-3(5)2-4/h1-2H2;2H2,1H3. The molecule has 0 aromatic carbocycles. The highest BCUT2D eigenvalue weighted by Crippen LogP contribution is 2.09. The molecule has 0 aliphatic carbocycles. The van der Waals surface area contributed by atoms with Crippen molar-refractivity contribution in [2.45, 2.75) is 0 Å². The summed E-state index contributed by atoms with van der Waals surface area (Å²) in [5, 5.41) is 0. The molecule has 0 aliphatic rings. The van der Waals surface area contributed by atoms with Gasteiger partial charge in [0, 0.05) is 0 Å². The number of halogens is 5. The van der Waals surface area contributed by atoms with Crippen LogP contribution in [0.25, 0.3) is 0 Å².